The van der Waals surface area contributed by atoms with Crippen molar-refractivity contribution in [2.75, 3.05) is 27.3 Å². The number of piperidine rings is 1. The highest BCUT2D eigenvalue weighted by Gasteiger charge is 2.35. The molecule has 0 bridgehead atoms. The van der Waals surface area contributed by atoms with Gasteiger partial charge in [0.15, 0.2) is 4.90 Å². The number of methoxy groups -OCH3 is 2. The van der Waals surface area contributed by atoms with Crippen molar-refractivity contribution in [3.05, 3.63) is 18.2 Å². The molecule has 0 radical (unpaired) electrons. The van der Waals surface area contributed by atoms with Crippen LogP contribution in [-0.2, 0) is 10.0 Å². The van der Waals surface area contributed by atoms with Gasteiger partial charge in [0.25, 0.3) is 0 Å². The Morgan fingerprint density at radius 3 is 2.30 bits per heavy atom. The number of hydrogen-bond acceptors (Lipinski definition) is 5. The molecule has 6 nitrogen and oxygen atoms in total. The van der Waals surface area contributed by atoms with Crippen molar-refractivity contribution in [1.29, 1.82) is 0 Å². The highest BCUT2D eigenvalue weighted by molar-refractivity contribution is 7.89. The second-order valence-electron chi connectivity index (χ2n) is 5.62. The Labute approximate surface area is 144 Å². The van der Waals surface area contributed by atoms with E-state index in [0.29, 0.717) is 24.6 Å². The smallest absolute Gasteiger partial charge is 0.250 e. The first-order valence-corrected chi connectivity index (χ1v) is 8.82. The zero-order valence-corrected chi connectivity index (χ0v) is 15.3. The summed E-state index contributed by atoms with van der Waals surface area (Å²) >= 11 is 0. The Morgan fingerprint density at radius 2 is 1.83 bits per heavy atom. The highest BCUT2D eigenvalue weighted by Crippen LogP contribution is 2.36. The Morgan fingerprint density at radius 1 is 1.26 bits per heavy atom. The SMILES string of the molecule is COc1cccc(OC)c1S(=O)(=O)N1CCCC(C(C)N)C1.Cl. The lowest BCUT2D eigenvalue weighted by Gasteiger charge is -2.34. The zero-order chi connectivity index (χ0) is 16.3. The van der Waals surface area contributed by atoms with Crippen LogP contribution in [0.25, 0.3) is 0 Å². The number of nitrogens with two attached hydrogens (primary N) is 1. The van der Waals surface area contributed by atoms with Crippen molar-refractivity contribution in [3.8, 4) is 11.5 Å². The summed E-state index contributed by atoms with van der Waals surface area (Å²) in [5, 5.41) is 0. The first-order valence-electron chi connectivity index (χ1n) is 7.38. The van der Waals surface area contributed by atoms with E-state index in [4.69, 9.17) is 15.2 Å². The van der Waals surface area contributed by atoms with Gasteiger partial charge in [0.05, 0.1) is 14.2 Å². The molecule has 1 saturated heterocycles. The van der Waals surface area contributed by atoms with Crippen LogP contribution >= 0.6 is 12.4 Å². The Kier molecular flexibility index (Phi) is 7.13. The normalized spacial score (nSPS) is 20.4. The molecule has 0 spiro atoms. The van der Waals surface area contributed by atoms with Crippen molar-refractivity contribution in [1.82, 2.24) is 4.31 Å². The van der Waals surface area contributed by atoms with Gasteiger partial charge in [-0.2, -0.15) is 4.31 Å². The van der Waals surface area contributed by atoms with Crippen LogP contribution < -0.4 is 15.2 Å². The summed E-state index contributed by atoms with van der Waals surface area (Å²) in [6, 6.07) is 4.93. The molecule has 2 N–H and O–H groups in total. The fraction of sp³-hybridized carbons (Fsp3) is 0.600. The second kappa shape index (κ2) is 8.19. The van der Waals surface area contributed by atoms with Crippen LogP contribution in [0.1, 0.15) is 19.8 Å². The summed E-state index contributed by atoms with van der Waals surface area (Å²) in [6.45, 7) is 2.85. The van der Waals surface area contributed by atoms with Gasteiger partial charge in [-0.05, 0) is 37.8 Å². The number of halogens is 1. The number of hydrogen-bond donors (Lipinski definition) is 1. The second-order valence-corrected chi connectivity index (χ2v) is 7.49. The summed E-state index contributed by atoms with van der Waals surface area (Å²) in [4.78, 5) is 0.0883. The topological polar surface area (TPSA) is 81.9 Å². The first kappa shape index (κ1) is 20.0. The molecular weight excluding hydrogens is 340 g/mol. The molecule has 0 aromatic heterocycles. The van der Waals surface area contributed by atoms with Gasteiger partial charge in [-0.1, -0.05) is 6.07 Å². The van der Waals surface area contributed by atoms with Gasteiger partial charge in [-0.3, -0.25) is 0 Å². The molecule has 0 aliphatic carbocycles. The summed E-state index contributed by atoms with van der Waals surface area (Å²) in [7, 11) is -0.780. The van der Waals surface area contributed by atoms with E-state index in [0.717, 1.165) is 12.8 Å². The molecule has 1 aromatic rings. The van der Waals surface area contributed by atoms with E-state index in [1.165, 1.54) is 18.5 Å². The molecule has 1 aliphatic heterocycles. The summed E-state index contributed by atoms with van der Waals surface area (Å²) in [5.74, 6) is 0.758. The van der Waals surface area contributed by atoms with Crippen molar-refractivity contribution >= 4 is 22.4 Å². The zero-order valence-electron chi connectivity index (χ0n) is 13.7. The maximum absolute atomic E-state index is 13.0. The van der Waals surface area contributed by atoms with Crippen molar-refractivity contribution < 1.29 is 17.9 Å². The summed E-state index contributed by atoms with van der Waals surface area (Å²) in [6.07, 6.45) is 1.76. The van der Waals surface area contributed by atoms with Gasteiger partial charge in [0.1, 0.15) is 11.5 Å². The van der Waals surface area contributed by atoms with Crippen LogP contribution in [0.3, 0.4) is 0 Å². The van der Waals surface area contributed by atoms with Gasteiger partial charge in [0, 0.05) is 19.1 Å². The maximum Gasteiger partial charge on any atom is 0.250 e. The maximum atomic E-state index is 13.0. The minimum absolute atomic E-state index is 0. The fourth-order valence-corrected chi connectivity index (χ4v) is 4.65. The number of benzene rings is 1. The monoisotopic (exact) mass is 364 g/mol. The third-order valence-electron chi connectivity index (χ3n) is 4.14. The predicted octanol–water partition coefficient (Wildman–Crippen LogP) is 1.87. The molecule has 0 saturated carbocycles. The van der Waals surface area contributed by atoms with Crippen LogP contribution in [0.4, 0.5) is 0 Å². The van der Waals surface area contributed by atoms with E-state index < -0.39 is 10.0 Å². The van der Waals surface area contributed by atoms with Crippen LogP contribution in [0.2, 0.25) is 0 Å². The quantitative estimate of drug-likeness (QED) is 0.862. The van der Waals surface area contributed by atoms with E-state index in [1.54, 1.807) is 18.2 Å². The van der Waals surface area contributed by atoms with E-state index in [9.17, 15) is 8.42 Å². The summed E-state index contributed by atoms with van der Waals surface area (Å²) < 4.78 is 38.0. The average molecular weight is 365 g/mol. The van der Waals surface area contributed by atoms with Gasteiger partial charge in [-0.25, -0.2) is 8.42 Å². The molecule has 1 aromatic carbocycles. The van der Waals surface area contributed by atoms with E-state index >= 15 is 0 Å². The van der Waals surface area contributed by atoms with E-state index in [-0.39, 0.29) is 29.3 Å². The number of rotatable bonds is 5. The summed E-state index contributed by atoms with van der Waals surface area (Å²) in [5.41, 5.74) is 5.95. The third kappa shape index (κ3) is 4.09. The Balaban J connectivity index is 0.00000264. The fourth-order valence-electron chi connectivity index (χ4n) is 2.82. The molecule has 1 fully saturated rings. The molecule has 8 heteroatoms. The largest absolute Gasteiger partial charge is 0.495 e. The molecule has 2 unspecified atom stereocenters. The Bertz CT molecular complexity index is 600. The molecule has 23 heavy (non-hydrogen) atoms. The Hall–Kier alpha value is -1.02. The standard InChI is InChI=1S/C15H24N2O4S.ClH/c1-11(16)12-6-5-9-17(10-12)22(18,19)15-13(20-2)7-4-8-14(15)21-3;/h4,7-8,11-12H,5-6,9-10,16H2,1-3H3;1H. The van der Waals surface area contributed by atoms with Gasteiger partial charge in [-0.15, -0.1) is 12.4 Å². The average Bonchev–Trinajstić information content (AvgIpc) is 2.53. The van der Waals surface area contributed by atoms with Crippen molar-refractivity contribution in [2.24, 2.45) is 11.7 Å². The first-order chi connectivity index (χ1) is 10.4. The number of ether oxygens (including phenoxy) is 2. The molecular formula is C15H25ClN2O4S. The minimum Gasteiger partial charge on any atom is -0.495 e. The molecule has 2 atom stereocenters. The van der Waals surface area contributed by atoms with Gasteiger partial charge < -0.3 is 15.2 Å². The molecule has 1 aliphatic rings. The predicted molar refractivity (Wildman–Crippen MR) is 91.9 cm³/mol. The van der Waals surface area contributed by atoms with E-state index in [2.05, 4.69) is 0 Å². The number of sulfonamides is 1. The molecule has 2 rings (SSSR count). The lowest BCUT2D eigenvalue weighted by atomic mass is 9.93. The van der Waals surface area contributed by atoms with Crippen LogP contribution in [0.15, 0.2) is 23.1 Å². The molecule has 132 valence electrons. The van der Waals surface area contributed by atoms with Crippen LogP contribution in [-0.4, -0.2) is 46.1 Å². The number of nitrogens with zero attached hydrogens (tertiary/aromatic N) is 1. The lowest BCUT2D eigenvalue weighted by Crippen LogP contribution is -2.45. The van der Waals surface area contributed by atoms with Gasteiger partial charge >= 0.3 is 0 Å². The third-order valence-corrected chi connectivity index (χ3v) is 6.07. The van der Waals surface area contributed by atoms with E-state index in [1.807, 2.05) is 6.92 Å². The minimum atomic E-state index is -3.69. The van der Waals surface area contributed by atoms with Crippen LogP contribution in [0, 0.1) is 5.92 Å². The van der Waals surface area contributed by atoms with Crippen LogP contribution in [0.5, 0.6) is 11.5 Å². The molecule has 1 heterocycles. The highest BCUT2D eigenvalue weighted by atomic mass is 35.5. The lowest BCUT2D eigenvalue weighted by molar-refractivity contribution is 0.242. The van der Waals surface area contributed by atoms with Crippen molar-refractivity contribution in [3.63, 3.8) is 0 Å². The molecule has 0 amide bonds. The van der Waals surface area contributed by atoms with Gasteiger partial charge in [0.2, 0.25) is 10.0 Å². The van der Waals surface area contributed by atoms with Crippen molar-refractivity contribution in [2.45, 2.75) is 30.7 Å².